The molecule has 1 aliphatic rings. The number of fused-ring (bicyclic) bond motifs is 1. The van der Waals surface area contributed by atoms with Crippen LogP contribution in [0.1, 0.15) is 11.4 Å². The van der Waals surface area contributed by atoms with Gasteiger partial charge in [-0.25, -0.2) is 4.98 Å². The van der Waals surface area contributed by atoms with Gasteiger partial charge in [-0.3, -0.25) is 9.69 Å². The molecule has 0 bridgehead atoms. The molecule has 1 N–H and O–H groups in total. The molecule has 1 aromatic carbocycles. The highest BCUT2D eigenvalue weighted by molar-refractivity contribution is 5.79. The number of hydrogen-bond donors (Lipinski definition) is 1. The van der Waals surface area contributed by atoms with Crippen LogP contribution in [0.3, 0.4) is 0 Å². The predicted octanol–water partition coefficient (Wildman–Crippen LogP) is 0.830. The first-order chi connectivity index (χ1) is 10.6. The molecular weight excluding hydrogens is 280 g/mol. The average molecular weight is 302 g/mol. The summed E-state index contributed by atoms with van der Waals surface area (Å²) in [5.74, 6) is 0.904. The van der Waals surface area contributed by atoms with Crippen molar-refractivity contribution >= 4 is 16.9 Å². The van der Waals surface area contributed by atoms with E-state index in [1.54, 1.807) is 0 Å². The van der Waals surface area contributed by atoms with Crippen LogP contribution >= 0.6 is 0 Å². The fraction of sp³-hybridized carbons (Fsp3) is 0.500. The van der Waals surface area contributed by atoms with E-state index in [9.17, 15) is 4.79 Å². The van der Waals surface area contributed by atoms with Crippen LogP contribution in [0.15, 0.2) is 18.2 Å². The number of morpholine rings is 1. The van der Waals surface area contributed by atoms with E-state index in [1.807, 2.05) is 11.6 Å². The van der Waals surface area contributed by atoms with Gasteiger partial charge in [0.05, 0.1) is 37.3 Å². The Bertz CT molecular complexity index is 674. The fourth-order valence-electron chi connectivity index (χ4n) is 2.71. The second-order valence-electron chi connectivity index (χ2n) is 5.74. The van der Waals surface area contributed by atoms with E-state index in [0.29, 0.717) is 26.3 Å². The number of nitrogens with zero attached hydrogens (tertiary/aromatic N) is 3. The molecule has 2 aromatic rings. The molecule has 1 aromatic heterocycles. The Kier molecular flexibility index (Phi) is 4.40. The first kappa shape index (κ1) is 15.0. The number of carbonyl (C=O) groups excluding carboxylic acids is 1. The van der Waals surface area contributed by atoms with Crippen LogP contribution in [0.25, 0.3) is 11.0 Å². The van der Waals surface area contributed by atoms with Crippen molar-refractivity contribution in [2.24, 2.45) is 7.05 Å². The van der Waals surface area contributed by atoms with Crippen molar-refractivity contribution in [3.05, 3.63) is 29.6 Å². The summed E-state index contributed by atoms with van der Waals surface area (Å²) in [5.41, 5.74) is 3.25. The molecule has 0 aliphatic carbocycles. The van der Waals surface area contributed by atoms with Crippen molar-refractivity contribution in [3.63, 3.8) is 0 Å². The van der Waals surface area contributed by atoms with Crippen molar-refractivity contribution in [2.75, 3.05) is 32.8 Å². The summed E-state index contributed by atoms with van der Waals surface area (Å²) in [6.45, 7) is 5.98. The second kappa shape index (κ2) is 6.46. The lowest BCUT2D eigenvalue weighted by molar-refractivity contribution is -0.123. The lowest BCUT2D eigenvalue weighted by Crippen LogP contribution is -2.43. The van der Waals surface area contributed by atoms with Crippen LogP contribution in [0.5, 0.6) is 0 Å². The molecule has 22 heavy (non-hydrogen) atoms. The highest BCUT2D eigenvalue weighted by Gasteiger charge is 2.15. The van der Waals surface area contributed by atoms with Crippen LogP contribution in [0, 0.1) is 6.92 Å². The number of imidazole rings is 1. The minimum atomic E-state index is 0.0325. The molecule has 2 heterocycles. The maximum Gasteiger partial charge on any atom is 0.234 e. The first-order valence-electron chi connectivity index (χ1n) is 7.62. The number of carbonyl (C=O) groups is 1. The van der Waals surface area contributed by atoms with Crippen LogP contribution in [0.4, 0.5) is 0 Å². The number of ether oxygens (including phenoxy) is 1. The van der Waals surface area contributed by atoms with E-state index in [4.69, 9.17) is 4.74 Å². The van der Waals surface area contributed by atoms with Gasteiger partial charge in [-0.05, 0) is 24.6 Å². The Balaban J connectivity index is 1.61. The summed E-state index contributed by atoms with van der Waals surface area (Å²) >= 11 is 0. The van der Waals surface area contributed by atoms with Gasteiger partial charge >= 0.3 is 0 Å². The zero-order valence-corrected chi connectivity index (χ0v) is 13.1. The second-order valence-corrected chi connectivity index (χ2v) is 5.74. The highest BCUT2D eigenvalue weighted by atomic mass is 16.5. The van der Waals surface area contributed by atoms with Crippen molar-refractivity contribution in [2.45, 2.75) is 13.5 Å². The third-order valence-corrected chi connectivity index (χ3v) is 4.04. The van der Waals surface area contributed by atoms with E-state index in [2.05, 4.69) is 40.3 Å². The lowest BCUT2D eigenvalue weighted by Gasteiger charge is -2.25. The van der Waals surface area contributed by atoms with E-state index < -0.39 is 0 Å². The molecule has 1 fully saturated rings. The van der Waals surface area contributed by atoms with E-state index >= 15 is 0 Å². The average Bonchev–Trinajstić information content (AvgIpc) is 2.82. The number of hydrogen-bond acceptors (Lipinski definition) is 4. The van der Waals surface area contributed by atoms with Crippen LogP contribution in [-0.2, 0) is 23.1 Å². The molecule has 1 saturated heterocycles. The minimum Gasteiger partial charge on any atom is -0.379 e. The largest absolute Gasteiger partial charge is 0.379 e. The normalized spacial score (nSPS) is 16.1. The third-order valence-electron chi connectivity index (χ3n) is 4.04. The SMILES string of the molecule is Cc1ccc2c(c1)nc(CNC(=O)CN1CCOCC1)n2C. The molecule has 1 amide bonds. The van der Waals surface area contributed by atoms with E-state index in [-0.39, 0.29) is 5.91 Å². The molecule has 0 atom stereocenters. The van der Waals surface area contributed by atoms with Gasteiger partial charge in [0.15, 0.2) is 0 Å². The third kappa shape index (κ3) is 3.28. The van der Waals surface area contributed by atoms with Crippen molar-refractivity contribution in [3.8, 4) is 0 Å². The fourth-order valence-corrected chi connectivity index (χ4v) is 2.71. The Morgan fingerprint density at radius 1 is 1.36 bits per heavy atom. The molecule has 1 aliphatic heterocycles. The van der Waals surface area contributed by atoms with Gasteiger partial charge in [-0.1, -0.05) is 6.07 Å². The van der Waals surface area contributed by atoms with Crippen molar-refractivity contribution in [1.82, 2.24) is 19.8 Å². The lowest BCUT2D eigenvalue weighted by atomic mass is 10.2. The first-order valence-corrected chi connectivity index (χ1v) is 7.62. The topological polar surface area (TPSA) is 59.4 Å². The van der Waals surface area contributed by atoms with Gasteiger partial charge in [-0.15, -0.1) is 0 Å². The molecule has 6 heteroatoms. The Hall–Kier alpha value is -1.92. The van der Waals surface area contributed by atoms with E-state index in [1.165, 1.54) is 5.56 Å². The van der Waals surface area contributed by atoms with Crippen LogP contribution < -0.4 is 5.32 Å². The number of nitrogens with one attached hydrogen (secondary N) is 1. The van der Waals surface area contributed by atoms with Crippen LogP contribution in [-0.4, -0.2) is 53.2 Å². The van der Waals surface area contributed by atoms with Gasteiger partial charge in [0.1, 0.15) is 5.82 Å². The summed E-state index contributed by atoms with van der Waals surface area (Å²) in [4.78, 5) is 18.7. The molecule has 3 rings (SSSR count). The summed E-state index contributed by atoms with van der Waals surface area (Å²) in [6.07, 6.45) is 0. The predicted molar refractivity (Wildman–Crippen MR) is 84.6 cm³/mol. The summed E-state index contributed by atoms with van der Waals surface area (Å²) in [5, 5.41) is 2.96. The number of aryl methyl sites for hydroxylation is 2. The molecule has 0 radical (unpaired) electrons. The molecule has 0 spiro atoms. The maximum atomic E-state index is 12.0. The summed E-state index contributed by atoms with van der Waals surface area (Å²) in [6, 6.07) is 6.20. The number of rotatable bonds is 4. The molecule has 0 saturated carbocycles. The van der Waals surface area contributed by atoms with Crippen LogP contribution in [0.2, 0.25) is 0 Å². The molecule has 118 valence electrons. The maximum absolute atomic E-state index is 12.0. The summed E-state index contributed by atoms with van der Waals surface area (Å²) in [7, 11) is 1.98. The number of amides is 1. The smallest absolute Gasteiger partial charge is 0.234 e. The number of aromatic nitrogens is 2. The van der Waals surface area contributed by atoms with Gasteiger partial charge in [-0.2, -0.15) is 0 Å². The van der Waals surface area contributed by atoms with Crippen molar-refractivity contribution < 1.29 is 9.53 Å². The summed E-state index contributed by atoms with van der Waals surface area (Å²) < 4.78 is 7.31. The minimum absolute atomic E-state index is 0.0325. The zero-order valence-electron chi connectivity index (χ0n) is 13.1. The Labute approximate surface area is 130 Å². The molecule has 6 nitrogen and oxygen atoms in total. The van der Waals surface area contributed by atoms with Gasteiger partial charge in [0, 0.05) is 20.1 Å². The van der Waals surface area contributed by atoms with Gasteiger partial charge in [0.2, 0.25) is 5.91 Å². The van der Waals surface area contributed by atoms with Gasteiger partial charge < -0.3 is 14.6 Å². The Morgan fingerprint density at radius 2 is 2.14 bits per heavy atom. The van der Waals surface area contributed by atoms with E-state index in [0.717, 1.165) is 29.9 Å². The molecular formula is C16H22N4O2. The van der Waals surface area contributed by atoms with Gasteiger partial charge in [0.25, 0.3) is 0 Å². The highest BCUT2D eigenvalue weighted by Crippen LogP contribution is 2.16. The Morgan fingerprint density at radius 3 is 2.91 bits per heavy atom. The van der Waals surface area contributed by atoms with Crippen molar-refractivity contribution in [1.29, 1.82) is 0 Å². The number of benzene rings is 1. The standard InChI is InChI=1S/C16H22N4O2/c1-12-3-4-14-13(9-12)18-15(19(14)2)10-17-16(21)11-20-5-7-22-8-6-20/h3-4,9H,5-8,10-11H2,1-2H3,(H,17,21). The monoisotopic (exact) mass is 302 g/mol. The quantitative estimate of drug-likeness (QED) is 0.909. The molecule has 0 unspecified atom stereocenters. The zero-order chi connectivity index (χ0) is 15.5.